The zero-order chi connectivity index (χ0) is 12.1. The van der Waals surface area contributed by atoms with Gasteiger partial charge in [-0.05, 0) is 40.9 Å². The highest BCUT2D eigenvalue weighted by molar-refractivity contribution is 9.10. The lowest BCUT2D eigenvalue weighted by molar-refractivity contribution is -0.385. The number of nitro groups is 1. The first-order valence-corrected chi connectivity index (χ1v) is 6.08. The summed E-state index contributed by atoms with van der Waals surface area (Å²) in [6.45, 7) is 4.18. The molecule has 0 heterocycles. The van der Waals surface area contributed by atoms with Gasteiger partial charge in [0, 0.05) is 17.8 Å². The van der Waals surface area contributed by atoms with Crippen molar-refractivity contribution in [1.29, 1.82) is 0 Å². The summed E-state index contributed by atoms with van der Waals surface area (Å²) in [5.41, 5.74) is 0.888. The maximum atomic E-state index is 10.7. The van der Waals surface area contributed by atoms with Gasteiger partial charge < -0.3 is 5.32 Å². The topological polar surface area (TPSA) is 55.2 Å². The molecule has 88 valence electrons. The van der Waals surface area contributed by atoms with E-state index in [0.717, 1.165) is 18.5 Å². The average molecular weight is 287 g/mol. The van der Waals surface area contributed by atoms with Crippen LogP contribution in [0.2, 0.25) is 0 Å². The third kappa shape index (κ3) is 3.20. The Bertz CT molecular complexity index is 378. The average Bonchev–Trinajstić information content (AvgIpc) is 2.27. The summed E-state index contributed by atoms with van der Waals surface area (Å²) < 4.78 is 0.507. The first-order valence-electron chi connectivity index (χ1n) is 5.29. The molecule has 1 aromatic rings. The van der Waals surface area contributed by atoms with Crippen LogP contribution in [0, 0.1) is 10.1 Å². The zero-order valence-corrected chi connectivity index (χ0v) is 11.0. The van der Waals surface area contributed by atoms with Gasteiger partial charge in [-0.1, -0.05) is 13.8 Å². The van der Waals surface area contributed by atoms with E-state index in [4.69, 9.17) is 0 Å². The molecule has 0 radical (unpaired) electrons. The Morgan fingerprint density at radius 2 is 2.06 bits per heavy atom. The van der Waals surface area contributed by atoms with Crippen molar-refractivity contribution >= 4 is 27.3 Å². The van der Waals surface area contributed by atoms with Gasteiger partial charge >= 0.3 is 0 Å². The van der Waals surface area contributed by atoms with Crippen LogP contribution in [0.25, 0.3) is 0 Å². The van der Waals surface area contributed by atoms with Crippen LogP contribution in [0.15, 0.2) is 22.7 Å². The van der Waals surface area contributed by atoms with Gasteiger partial charge in [-0.2, -0.15) is 0 Å². The van der Waals surface area contributed by atoms with Gasteiger partial charge in [0.2, 0.25) is 0 Å². The van der Waals surface area contributed by atoms with Crippen molar-refractivity contribution in [3.8, 4) is 0 Å². The second kappa shape index (κ2) is 5.84. The lowest BCUT2D eigenvalue weighted by atomic mass is 10.1. The number of nitrogens with one attached hydrogen (secondary N) is 1. The number of nitro benzene ring substituents is 1. The summed E-state index contributed by atoms with van der Waals surface area (Å²) in [6, 6.07) is 5.46. The predicted octanol–water partition coefficient (Wildman–Crippen LogP) is 3.96. The van der Waals surface area contributed by atoms with E-state index in [1.54, 1.807) is 12.1 Å². The number of anilines is 1. The molecule has 0 saturated heterocycles. The number of hydrogen-bond acceptors (Lipinski definition) is 3. The first-order chi connectivity index (χ1) is 7.58. The van der Waals surface area contributed by atoms with Crippen molar-refractivity contribution in [2.75, 3.05) is 5.32 Å². The third-order valence-electron chi connectivity index (χ3n) is 2.50. The normalized spacial score (nSPS) is 10.5. The van der Waals surface area contributed by atoms with E-state index >= 15 is 0 Å². The lowest BCUT2D eigenvalue weighted by Gasteiger charge is -2.16. The summed E-state index contributed by atoms with van der Waals surface area (Å²) in [5.74, 6) is 0. The summed E-state index contributed by atoms with van der Waals surface area (Å²) >= 11 is 3.16. The molecule has 4 nitrogen and oxygen atoms in total. The van der Waals surface area contributed by atoms with E-state index in [2.05, 4.69) is 35.1 Å². The monoisotopic (exact) mass is 286 g/mol. The Morgan fingerprint density at radius 3 is 2.56 bits per heavy atom. The summed E-state index contributed by atoms with van der Waals surface area (Å²) in [5, 5.41) is 14.0. The zero-order valence-electron chi connectivity index (χ0n) is 9.37. The summed E-state index contributed by atoms with van der Waals surface area (Å²) in [6.07, 6.45) is 2.00. The molecule has 0 atom stereocenters. The fourth-order valence-electron chi connectivity index (χ4n) is 1.47. The van der Waals surface area contributed by atoms with Crippen LogP contribution in [0.4, 0.5) is 11.4 Å². The highest BCUT2D eigenvalue weighted by atomic mass is 79.9. The Balaban J connectivity index is 2.90. The minimum Gasteiger partial charge on any atom is -0.382 e. The minimum atomic E-state index is -0.387. The molecular formula is C11H15BrN2O2. The quantitative estimate of drug-likeness (QED) is 0.658. The van der Waals surface area contributed by atoms with Crippen LogP contribution in [0.3, 0.4) is 0 Å². The molecule has 5 heteroatoms. The number of nitrogens with zero attached hydrogens (tertiary/aromatic N) is 1. The maximum absolute atomic E-state index is 10.7. The number of benzene rings is 1. The van der Waals surface area contributed by atoms with E-state index < -0.39 is 0 Å². The van der Waals surface area contributed by atoms with Crippen LogP contribution >= 0.6 is 15.9 Å². The second-order valence-corrected chi connectivity index (χ2v) is 4.44. The number of halogens is 1. The van der Waals surface area contributed by atoms with E-state index in [1.165, 1.54) is 0 Å². The first kappa shape index (κ1) is 13.0. The van der Waals surface area contributed by atoms with Crippen molar-refractivity contribution in [1.82, 2.24) is 0 Å². The molecular weight excluding hydrogens is 272 g/mol. The molecule has 0 aliphatic rings. The number of hydrogen-bond donors (Lipinski definition) is 1. The van der Waals surface area contributed by atoms with Crippen LogP contribution in [0.5, 0.6) is 0 Å². The van der Waals surface area contributed by atoms with Crippen LogP contribution in [0.1, 0.15) is 26.7 Å². The molecule has 1 N–H and O–H groups in total. The Morgan fingerprint density at radius 1 is 1.44 bits per heavy atom. The standard InChI is InChI=1S/C11H15BrN2O2/c1-3-8(4-2)13-9-5-6-10(12)11(7-9)14(15)16/h5-8,13H,3-4H2,1-2H3. The molecule has 0 unspecified atom stereocenters. The molecule has 0 bridgehead atoms. The Labute approximate surface area is 103 Å². The molecule has 0 amide bonds. The van der Waals surface area contributed by atoms with Gasteiger partial charge in [-0.15, -0.1) is 0 Å². The minimum absolute atomic E-state index is 0.0935. The Kier molecular flexibility index (Phi) is 4.73. The van der Waals surface area contributed by atoms with Gasteiger partial charge in [0.1, 0.15) is 0 Å². The predicted molar refractivity (Wildman–Crippen MR) is 68.8 cm³/mol. The van der Waals surface area contributed by atoms with Crippen LogP contribution in [-0.4, -0.2) is 11.0 Å². The number of rotatable bonds is 5. The van der Waals surface area contributed by atoms with Gasteiger partial charge in [0.15, 0.2) is 0 Å². The SMILES string of the molecule is CCC(CC)Nc1ccc(Br)c([N+](=O)[O-])c1. The van der Waals surface area contributed by atoms with Crippen molar-refractivity contribution < 1.29 is 4.92 Å². The van der Waals surface area contributed by atoms with E-state index in [1.807, 2.05) is 6.07 Å². The van der Waals surface area contributed by atoms with Crippen molar-refractivity contribution in [2.45, 2.75) is 32.7 Å². The third-order valence-corrected chi connectivity index (χ3v) is 3.17. The van der Waals surface area contributed by atoms with Gasteiger partial charge in [-0.3, -0.25) is 10.1 Å². The van der Waals surface area contributed by atoms with Gasteiger partial charge in [0.05, 0.1) is 9.40 Å². The molecule has 1 rings (SSSR count). The molecule has 0 spiro atoms. The lowest BCUT2D eigenvalue weighted by Crippen LogP contribution is -2.16. The highest BCUT2D eigenvalue weighted by Gasteiger charge is 2.13. The van der Waals surface area contributed by atoms with Crippen molar-refractivity contribution in [2.24, 2.45) is 0 Å². The van der Waals surface area contributed by atoms with E-state index in [-0.39, 0.29) is 10.6 Å². The Hall–Kier alpha value is -1.10. The van der Waals surface area contributed by atoms with E-state index in [0.29, 0.717) is 10.5 Å². The molecule has 0 saturated carbocycles. The van der Waals surface area contributed by atoms with E-state index in [9.17, 15) is 10.1 Å². The molecule has 0 aliphatic carbocycles. The van der Waals surface area contributed by atoms with Crippen molar-refractivity contribution in [3.05, 3.63) is 32.8 Å². The van der Waals surface area contributed by atoms with Crippen LogP contribution in [-0.2, 0) is 0 Å². The molecule has 0 aromatic heterocycles. The smallest absolute Gasteiger partial charge is 0.285 e. The molecule has 0 fully saturated rings. The van der Waals surface area contributed by atoms with Crippen LogP contribution < -0.4 is 5.32 Å². The van der Waals surface area contributed by atoms with Gasteiger partial charge in [-0.25, -0.2) is 0 Å². The fraction of sp³-hybridized carbons (Fsp3) is 0.455. The summed E-state index contributed by atoms with van der Waals surface area (Å²) in [4.78, 5) is 10.4. The summed E-state index contributed by atoms with van der Waals surface area (Å²) in [7, 11) is 0. The molecule has 0 aliphatic heterocycles. The molecule has 1 aromatic carbocycles. The fourth-order valence-corrected chi connectivity index (χ4v) is 1.86. The van der Waals surface area contributed by atoms with Gasteiger partial charge in [0.25, 0.3) is 5.69 Å². The molecule has 16 heavy (non-hydrogen) atoms. The van der Waals surface area contributed by atoms with Crippen molar-refractivity contribution in [3.63, 3.8) is 0 Å². The second-order valence-electron chi connectivity index (χ2n) is 3.58. The highest BCUT2D eigenvalue weighted by Crippen LogP contribution is 2.28. The maximum Gasteiger partial charge on any atom is 0.285 e. The largest absolute Gasteiger partial charge is 0.382 e.